The van der Waals surface area contributed by atoms with Crippen LogP contribution in [-0.2, 0) is 0 Å². The Morgan fingerprint density at radius 1 is 0.422 bits per heavy atom. The van der Waals surface area contributed by atoms with Gasteiger partial charge in [-0.1, -0.05) is 158 Å². The van der Waals surface area contributed by atoms with Crippen LogP contribution in [0.1, 0.15) is 17.0 Å². The summed E-state index contributed by atoms with van der Waals surface area (Å²) in [6.07, 6.45) is 6.87. The molecule has 1 aliphatic carbocycles. The third-order valence-electron chi connectivity index (χ3n) is 9.44. The second-order valence-electron chi connectivity index (χ2n) is 12.0. The number of ether oxygens (including phenoxy) is 1. The molecule has 7 aromatic carbocycles. The van der Waals surface area contributed by atoms with Crippen LogP contribution in [0.4, 0.5) is 0 Å². The molecule has 0 saturated heterocycles. The van der Waals surface area contributed by atoms with E-state index < -0.39 is 0 Å². The standard InChI is InChI=1S/C44H30O/c1-2-12-30(13-3-1)33-14-4-5-16-35(33)44-38-19-8-6-17-36(38)43(37-18-7-9-20-39(37)44)31-24-22-29(23-25-31)32-26-27-42-40(28-32)34-15-10-11-21-41(34)45-42/h1-28,40,42H. The van der Waals surface area contributed by atoms with E-state index in [1.54, 1.807) is 0 Å². The van der Waals surface area contributed by atoms with E-state index in [0.717, 1.165) is 5.75 Å². The highest BCUT2D eigenvalue weighted by Gasteiger charge is 2.33. The van der Waals surface area contributed by atoms with Gasteiger partial charge in [0.05, 0.1) is 0 Å². The molecule has 0 fully saturated rings. The van der Waals surface area contributed by atoms with E-state index in [0.29, 0.717) is 0 Å². The van der Waals surface area contributed by atoms with Crippen LogP contribution in [0.3, 0.4) is 0 Å². The number of fused-ring (bicyclic) bond motifs is 5. The molecule has 0 saturated carbocycles. The molecule has 9 rings (SSSR count). The maximum absolute atomic E-state index is 6.20. The van der Waals surface area contributed by atoms with Crippen molar-refractivity contribution in [1.82, 2.24) is 0 Å². The van der Waals surface area contributed by atoms with Crippen molar-refractivity contribution in [3.05, 3.63) is 181 Å². The van der Waals surface area contributed by atoms with E-state index >= 15 is 0 Å². The summed E-state index contributed by atoms with van der Waals surface area (Å²) in [4.78, 5) is 0. The lowest BCUT2D eigenvalue weighted by Crippen LogP contribution is -2.16. The Morgan fingerprint density at radius 2 is 0.978 bits per heavy atom. The van der Waals surface area contributed by atoms with Gasteiger partial charge < -0.3 is 4.74 Å². The first kappa shape index (κ1) is 25.8. The van der Waals surface area contributed by atoms with Gasteiger partial charge in [-0.05, 0) is 78.2 Å². The van der Waals surface area contributed by atoms with Crippen LogP contribution in [0.15, 0.2) is 170 Å². The lowest BCUT2D eigenvalue weighted by Gasteiger charge is -2.20. The molecule has 0 N–H and O–H groups in total. The Morgan fingerprint density at radius 3 is 1.69 bits per heavy atom. The molecule has 1 nitrogen and oxygen atoms in total. The van der Waals surface area contributed by atoms with Crippen LogP contribution in [0.5, 0.6) is 5.75 Å². The second kappa shape index (κ2) is 10.5. The van der Waals surface area contributed by atoms with Crippen LogP contribution in [0.25, 0.3) is 60.5 Å². The van der Waals surface area contributed by atoms with Crippen LogP contribution >= 0.6 is 0 Å². The summed E-state index contributed by atoms with van der Waals surface area (Å²) in [6, 6.07) is 54.9. The largest absolute Gasteiger partial charge is 0.485 e. The van der Waals surface area contributed by atoms with Gasteiger partial charge in [-0.25, -0.2) is 0 Å². The molecular formula is C44H30O. The summed E-state index contributed by atoms with van der Waals surface area (Å²) < 4.78 is 6.20. The van der Waals surface area contributed by atoms with Crippen molar-refractivity contribution >= 4 is 27.1 Å². The van der Waals surface area contributed by atoms with E-state index in [1.165, 1.54) is 71.6 Å². The molecule has 212 valence electrons. The molecule has 7 aromatic rings. The molecule has 0 bridgehead atoms. The van der Waals surface area contributed by atoms with Crippen molar-refractivity contribution in [2.75, 3.05) is 0 Å². The molecule has 1 aliphatic heterocycles. The van der Waals surface area contributed by atoms with Crippen molar-refractivity contribution < 1.29 is 4.74 Å². The highest BCUT2D eigenvalue weighted by atomic mass is 16.5. The minimum atomic E-state index is 0.0775. The van der Waals surface area contributed by atoms with Gasteiger partial charge in [0.25, 0.3) is 0 Å². The Hall–Kier alpha value is -5.66. The predicted octanol–water partition coefficient (Wildman–Crippen LogP) is 11.5. The number of rotatable bonds is 4. The van der Waals surface area contributed by atoms with Crippen LogP contribution in [0.2, 0.25) is 0 Å². The van der Waals surface area contributed by atoms with Crippen molar-refractivity contribution in [3.63, 3.8) is 0 Å². The number of benzene rings is 7. The molecule has 2 aliphatic rings. The van der Waals surface area contributed by atoms with Crippen LogP contribution in [-0.4, -0.2) is 6.10 Å². The number of hydrogen-bond donors (Lipinski definition) is 0. The number of hydrogen-bond acceptors (Lipinski definition) is 1. The smallest absolute Gasteiger partial charge is 0.128 e. The van der Waals surface area contributed by atoms with E-state index in [1.807, 2.05) is 6.07 Å². The maximum atomic E-state index is 6.20. The summed E-state index contributed by atoms with van der Waals surface area (Å²) >= 11 is 0. The van der Waals surface area contributed by atoms with E-state index in [2.05, 4.69) is 164 Å². The van der Waals surface area contributed by atoms with E-state index in [9.17, 15) is 0 Å². The van der Waals surface area contributed by atoms with Crippen molar-refractivity contribution in [3.8, 4) is 39.1 Å². The zero-order valence-corrected chi connectivity index (χ0v) is 24.7. The van der Waals surface area contributed by atoms with Crippen molar-refractivity contribution in [1.29, 1.82) is 0 Å². The molecule has 0 amide bonds. The highest BCUT2D eigenvalue weighted by molar-refractivity contribution is 6.22. The van der Waals surface area contributed by atoms with Crippen molar-refractivity contribution in [2.45, 2.75) is 12.0 Å². The molecule has 0 aromatic heterocycles. The summed E-state index contributed by atoms with van der Waals surface area (Å²) in [5, 5.41) is 5.06. The number of para-hydroxylation sites is 1. The first-order chi connectivity index (χ1) is 22.3. The van der Waals surface area contributed by atoms with E-state index in [-0.39, 0.29) is 12.0 Å². The van der Waals surface area contributed by atoms with Gasteiger partial charge in [0, 0.05) is 11.5 Å². The van der Waals surface area contributed by atoms with Gasteiger partial charge in [-0.2, -0.15) is 0 Å². The van der Waals surface area contributed by atoms with Gasteiger partial charge in [-0.15, -0.1) is 0 Å². The Bertz CT molecular complexity index is 2230. The molecule has 0 spiro atoms. The zero-order valence-electron chi connectivity index (χ0n) is 24.7. The third kappa shape index (κ3) is 4.24. The fourth-order valence-corrected chi connectivity index (χ4v) is 7.37. The van der Waals surface area contributed by atoms with Gasteiger partial charge >= 0.3 is 0 Å². The Kier molecular flexibility index (Phi) is 6.02. The summed E-state index contributed by atoms with van der Waals surface area (Å²) in [6.45, 7) is 0. The fraction of sp³-hybridized carbons (Fsp3) is 0.0455. The van der Waals surface area contributed by atoms with E-state index in [4.69, 9.17) is 4.74 Å². The lowest BCUT2D eigenvalue weighted by atomic mass is 9.83. The molecule has 1 heterocycles. The van der Waals surface area contributed by atoms with Gasteiger partial charge in [0.2, 0.25) is 0 Å². The SMILES string of the molecule is C1=CC2Oc3ccccc3C2C=C1c1ccc(-c2c3ccccc3c(-c3ccccc3-c3ccccc3)c3ccccc23)cc1. The monoisotopic (exact) mass is 574 g/mol. The molecule has 1 heteroatoms. The zero-order chi connectivity index (χ0) is 29.7. The predicted molar refractivity (Wildman–Crippen MR) is 188 cm³/mol. The summed E-state index contributed by atoms with van der Waals surface area (Å²) in [5.41, 5.74) is 11.3. The average Bonchev–Trinajstić information content (AvgIpc) is 3.49. The van der Waals surface area contributed by atoms with Crippen molar-refractivity contribution in [2.24, 2.45) is 0 Å². The van der Waals surface area contributed by atoms with Crippen LogP contribution in [0, 0.1) is 0 Å². The first-order valence-corrected chi connectivity index (χ1v) is 15.7. The lowest BCUT2D eigenvalue weighted by molar-refractivity contribution is 0.269. The topological polar surface area (TPSA) is 9.23 Å². The molecule has 0 radical (unpaired) electrons. The fourth-order valence-electron chi connectivity index (χ4n) is 7.37. The number of allylic oxidation sites excluding steroid dienone is 2. The highest BCUT2D eigenvalue weighted by Crippen LogP contribution is 2.47. The molecular weight excluding hydrogens is 544 g/mol. The summed E-state index contributed by atoms with van der Waals surface area (Å²) in [5.74, 6) is 1.25. The quantitative estimate of drug-likeness (QED) is 0.190. The Labute approximate surface area is 263 Å². The maximum Gasteiger partial charge on any atom is 0.128 e. The minimum Gasteiger partial charge on any atom is -0.485 e. The van der Waals surface area contributed by atoms with Gasteiger partial charge in [0.15, 0.2) is 0 Å². The summed E-state index contributed by atoms with van der Waals surface area (Å²) in [7, 11) is 0. The minimum absolute atomic E-state index is 0.0775. The van der Waals surface area contributed by atoms with Gasteiger partial charge in [0.1, 0.15) is 11.9 Å². The van der Waals surface area contributed by atoms with Crippen LogP contribution < -0.4 is 4.74 Å². The third-order valence-corrected chi connectivity index (χ3v) is 9.44. The Balaban J connectivity index is 1.20. The molecule has 2 atom stereocenters. The average molecular weight is 575 g/mol. The molecule has 45 heavy (non-hydrogen) atoms. The molecule has 2 unspecified atom stereocenters. The van der Waals surface area contributed by atoms with Gasteiger partial charge in [-0.3, -0.25) is 0 Å². The first-order valence-electron chi connectivity index (χ1n) is 15.7. The normalized spacial score (nSPS) is 16.7. The second-order valence-corrected chi connectivity index (χ2v) is 12.0.